The number of aryl methyl sites for hydroxylation is 2. The summed E-state index contributed by atoms with van der Waals surface area (Å²) in [6.07, 6.45) is 7.65. The van der Waals surface area contributed by atoms with Crippen molar-refractivity contribution in [3.05, 3.63) is 35.7 Å². The van der Waals surface area contributed by atoms with Crippen molar-refractivity contribution >= 4 is 17.7 Å². The molecule has 1 heterocycles. The van der Waals surface area contributed by atoms with Gasteiger partial charge in [0.2, 0.25) is 5.91 Å². The molecule has 128 valence electrons. The van der Waals surface area contributed by atoms with Crippen molar-refractivity contribution in [2.75, 3.05) is 5.75 Å². The Bertz CT molecular complexity index is 707. The molecular formula is C18H24N4OS. The summed E-state index contributed by atoms with van der Waals surface area (Å²) in [5.74, 6) is 0.460. The summed E-state index contributed by atoms with van der Waals surface area (Å²) < 4.78 is 1.94. The van der Waals surface area contributed by atoms with Crippen LogP contribution in [0.1, 0.15) is 43.2 Å². The minimum atomic E-state index is 0.0848. The molecule has 0 bridgehead atoms. The zero-order valence-electron chi connectivity index (χ0n) is 14.3. The van der Waals surface area contributed by atoms with Gasteiger partial charge in [-0.05, 0) is 49.9 Å². The molecule has 0 aliphatic heterocycles. The number of nitrogens with zero attached hydrogens (tertiary/aromatic N) is 3. The second-order valence-corrected chi connectivity index (χ2v) is 7.39. The Labute approximate surface area is 147 Å². The van der Waals surface area contributed by atoms with Gasteiger partial charge in [-0.3, -0.25) is 9.36 Å². The number of carbonyl (C=O) groups is 1. The van der Waals surface area contributed by atoms with Crippen molar-refractivity contribution in [2.24, 2.45) is 0 Å². The highest BCUT2D eigenvalue weighted by Gasteiger charge is 2.16. The molecule has 1 aromatic heterocycles. The molecular weight excluding hydrogens is 320 g/mol. The van der Waals surface area contributed by atoms with Gasteiger partial charge in [-0.2, -0.15) is 0 Å². The van der Waals surface area contributed by atoms with Gasteiger partial charge in [-0.15, -0.1) is 10.2 Å². The Kier molecular flexibility index (Phi) is 5.56. The lowest BCUT2D eigenvalue weighted by molar-refractivity contribution is -0.119. The number of carbonyl (C=O) groups excluding carboxylic acids is 1. The van der Waals surface area contributed by atoms with E-state index in [1.807, 2.05) is 4.57 Å². The Balaban J connectivity index is 1.61. The van der Waals surface area contributed by atoms with Crippen molar-refractivity contribution in [3.8, 4) is 5.69 Å². The first kappa shape index (κ1) is 17.0. The van der Waals surface area contributed by atoms with Crippen LogP contribution >= 0.6 is 11.8 Å². The van der Waals surface area contributed by atoms with Crippen LogP contribution in [0.15, 0.2) is 29.7 Å². The van der Waals surface area contributed by atoms with E-state index in [0.29, 0.717) is 11.8 Å². The summed E-state index contributed by atoms with van der Waals surface area (Å²) in [6.45, 7) is 4.18. The van der Waals surface area contributed by atoms with Crippen molar-refractivity contribution in [3.63, 3.8) is 0 Å². The van der Waals surface area contributed by atoms with E-state index >= 15 is 0 Å². The molecule has 1 fully saturated rings. The molecule has 1 aliphatic carbocycles. The largest absolute Gasteiger partial charge is 0.353 e. The number of amides is 1. The summed E-state index contributed by atoms with van der Waals surface area (Å²) in [7, 11) is 0. The van der Waals surface area contributed by atoms with Crippen LogP contribution < -0.4 is 5.32 Å². The van der Waals surface area contributed by atoms with E-state index in [2.05, 4.69) is 47.6 Å². The summed E-state index contributed by atoms with van der Waals surface area (Å²) in [5, 5.41) is 12.1. The number of nitrogens with one attached hydrogen (secondary N) is 1. The highest BCUT2D eigenvalue weighted by molar-refractivity contribution is 7.99. The monoisotopic (exact) mass is 344 g/mol. The molecule has 1 aromatic carbocycles. The van der Waals surface area contributed by atoms with Gasteiger partial charge in [0.1, 0.15) is 6.33 Å². The minimum absolute atomic E-state index is 0.0848. The van der Waals surface area contributed by atoms with Gasteiger partial charge in [0.05, 0.1) is 5.75 Å². The lowest BCUT2D eigenvalue weighted by Crippen LogP contribution is -2.37. The SMILES string of the molecule is Cc1ccc(-n2cnnc2SCC(=O)NC2CCCCC2)cc1C. The molecule has 6 heteroatoms. The maximum Gasteiger partial charge on any atom is 0.230 e. The van der Waals surface area contributed by atoms with E-state index in [9.17, 15) is 4.79 Å². The fourth-order valence-electron chi connectivity index (χ4n) is 3.02. The van der Waals surface area contributed by atoms with Crippen molar-refractivity contribution in [1.82, 2.24) is 20.1 Å². The molecule has 1 amide bonds. The molecule has 1 N–H and O–H groups in total. The van der Waals surface area contributed by atoms with Gasteiger partial charge < -0.3 is 5.32 Å². The molecule has 0 radical (unpaired) electrons. The summed E-state index contributed by atoms with van der Waals surface area (Å²) in [4.78, 5) is 12.2. The van der Waals surface area contributed by atoms with Gasteiger partial charge in [0.25, 0.3) is 0 Å². The third kappa shape index (κ3) is 4.17. The van der Waals surface area contributed by atoms with Gasteiger partial charge in [0.15, 0.2) is 5.16 Å². The molecule has 0 atom stereocenters. The summed E-state index contributed by atoms with van der Waals surface area (Å²) in [6, 6.07) is 6.61. The number of rotatable bonds is 5. The Morgan fingerprint density at radius 1 is 1.25 bits per heavy atom. The molecule has 2 aromatic rings. The lowest BCUT2D eigenvalue weighted by Gasteiger charge is -2.22. The molecule has 1 aliphatic rings. The zero-order chi connectivity index (χ0) is 16.9. The van der Waals surface area contributed by atoms with Crippen LogP contribution in [0.25, 0.3) is 5.69 Å². The number of thioether (sulfide) groups is 1. The first-order valence-electron chi connectivity index (χ1n) is 8.53. The fourth-order valence-corrected chi connectivity index (χ4v) is 3.76. The predicted molar refractivity (Wildman–Crippen MR) is 96.6 cm³/mol. The van der Waals surface area contributed by atoms with Crippen LogP contribution in [0, 0.1) is 13.8 Å². The molecule has 1 saturated carbocycles. The molecule has 5 nitrogen and oxygen atoms in total. The van der Waals surface area contributed by atoms with Crippen LogP contribution in [-0.4, -0.2) is 32.5 Å². The molecule has 3 rings (SSSR count). The van der Waals surface area contributed by atoms with E-state index in [0.717, 1.165) is 23.7 Å². The van der Waals surface area contributed by atoms with Gasteiger partial charge in [-0.25, -0.2) is 0 Å². The topological polar surface area (TPSA) is 59.8 Å². The Hall–Kier alpha value is -1.82. The van der Waals surface area contributed by atoms with Crippen LogP contribution in [0.2, 0.25) is 0 Å². The highest BCUT2D eigenvalue weighted by Crippen LogP contribution is 2.22. The normalized spacial score (nSPS) is 15.4. The number of hydrogen-bond donors (Lipinski definition) is 1. The number of hydrogen-bond acceptors (Lipinski definition) is 4. The van der Waals surface area contributed by atoms with Crippen LogP contribution in [0.5, 0.6) is 0 Å². The van der Waals surface area contributed by atoms with Gasteiger partial charge in [0, 0.05) is 11.7 Å². The second-order valence-electron chi connectivity index (χ2n) is 6.44. The Morgan fingerprint density at radius 3 is 2.79 bits per heavy atom. The number of aromatic nitrogens is 3. The molecule has 0 saturated heterocycles. The molecule has 0 unspecified atom stereocenters. The maximum absolute atomic E-state index is 12.2. The van der Waals surface area contributed by atoms with Crippen LogP contribution in [-0.2, 0) is 4.79 Å². The van der Waals surface area contributed by atoms with Crippen LogP contribution in [0.3, 0.4) is 0 Å². The average molecular weight is 344 g/mol. The predicted octanol–water partition coefficient (Wildman–Crippen LogP) is 3.43. The van der Waals surface area contributed by atoms with Gasteiger partial charge >= 0.3 is 0 Å². The standard InChI is InChI=1S/C18H24N4OS/c1-13-8-9-16(10-14(13)2)22-12-19-21-18(22)24-11-17(23)20-15-6-4-3-5-7-15/h8-10,12,15H,3-7,11H2,1-2H3,(H,20,23). The first-order chi connectivity index (χ1) is 11.6. The average Bonchev–Trinajstić information content (AvgIpc) is 3.05. The van der Waals surface area contributed by atoms with Gasteiger partial charge in [-0.1, -0.05) is 37.1 Å². The summed E-state index contributed by atoms with van der Waals surface area (Å²) in [5.41, 5.74) is 3.51. The lowest BCUT2D eigenvalue weighted by atomic mass is 9.95. The second kappa shape index (κ2) is 7.83. The first-order valence-corrected chi connectivity index (χ1v) is 9.52. The third-order valence-corrected chi connectivity index (χ3v) is 5.53. The van der Waals surface area contributed by atoms with Crippen molar-refractivity contribution in [2.45, 2.75) is 57.1 Å². The highest BCUT2D eigenvalue weighted by atomic mass is 32.2. The zero-order valence-corrected chi connectivity index (χ0v) is 15.1. The van der Waals surface area contributed by atoms with E-state index in [4.69, 9.17) is 0 Å². The van der Waals surface area contributed by atoms with E-state index in [1.165, 1.54) is 42.2 Å². The molecule has 24 heavy (non-hydrogen) atoms. The van der Waals surface area contributed by atoms with E-state index < -0.39 is 0 Å². The molecule has 0 spiro atoms. The quantitative estimate of drug-likeness (QED) is 0.844. The smallest absolute Gasteiger partial charge is 0.230 e. The van der Waals surface area contributed by atoms with E-state index in [-0.39, 0.29) is 5.91 Å². The van der Waals surface area contributed by atoms with Crippen molar-refractivity contribution < 1.29 is 4.79 Å². The fraction of sp³-hybridized carbons (Fsp3) is 0.500. The maximum atomic E-state index is 12.2. The number of benzene rings is 1. The summed E-state index contributed by atoms with van der Waals surface area (Å²) >= 11 is 1.43. The third-order valence-electron chi connectivity index (χ3n) is 4.59. The van der Waals surface area contributed by atoms with E-state index in [1.54, 1.807) is 6.33 Å². The van der Waals surface area contributed by atoms with Crippen molar-refractivity contribution in [1.29, 1.82) is 0 Å². The Morgan fingerprint density at radius 2 is 2.04 bits per heavy atom. The van der Waals surface area contributed by atoms with Crippen LogP contribution in [0.4, 0.5) is 0 Å². The minimum Gasteiger partial charge on any atom is -0.353 e.